The van der Waals surface area contributed by atoms with Crippen molar-refractivity contribution in [1.82, 2.24) is 0 Å². The second kappa shape index (κ2) is 9.66. The van der Waals surface area contributed by atoms with Crippen molar-refractivity contribution in [1.29, 1.82) is 0 Å². The molecule has 2 N–H and O–H groups in total. The third-order valence-electron chi connectivity index (χ3n) is 4.67. The van der Waals surface area contributed by atoms with Gasteiger partial charge >= 0.3 is 0 Å². The highest BCUT2D eigenvalue weighted by atomic mass is 32.2. The van der Waals surface area contributed by atoms with Crippen molar-refractivity contribution in [3.8, 4) is 17.2 Å². The summed E-state index contributed by atoms with van der Waals surface area (Å²) < 4.78 is 43.7. The summed E-state index contributed by atoms with van der Waals surface area (Å²) in [5.41, 5.74) is 1.68. The van der Waals surface area contributed by atoms with Gasteiger partial charge in [0, 0.05) is 17.5 Å². The molecule has 1 aliphatic rings. The number of ether oxygens (including phenoxy) is 3. The van der Waals surface area contributed by atoms with Crippen LogP contribution >= 0.6 is 0 Å². The molecule has 0 spiro atoms. The van der Waals surface area contributed by atoms with Gasteiger partial charge in [0.15, 0.2) is 11.5 Å². The Balaban J connectivity index is 1.36. The Hall–Kier alpha value is -3.98. The number of carbonyl (C=O) groups excluding carboxylic acids is 1. The summed E-state index contributed by atoms with van der Waals surface area (Å²) in [7, 11) is -3.77. The van der Waals surface area contributed by atoms with E-state index in [4.69, 9.17) is 14.2 Å². The Kier molecular flexibility index (Phi) is 6.50. The lowest BCUT2D eigenvalue weighted by molar-refractivity contribution is -0.111. The van der Waals surface area contributed by atoms with Crippen LogP contribution in [-0.2, 0) is 14.8 Å². The molecule has 170 valence electrons. The van der Waals surface area contributed by atoms with E-state index >= 15 is 0 Å². The zero-order valence-electron chi connectivity index (χ0n) is 17.8. The zero-order valence-corrected chi connectivity index (χ0v) is 18.6. The highest BCUT2D eigenvalue weighted by molar-refractivity contribution is 7.92. The molecule has 0 unspecified atom stereocenters. The smallest absolute Gasteiger partial charge is 0.261 e. The van der Waals surface area contributed by atoms with Gasteiger partial charge in [0.05, 0.1) is 11.5 Å². The van der Waals surface area contributed by atoms with Gasteiger partial charge < -0.3 is 19.5 Å². The molecule has 0 radical (unpaired) electrons. The second-order valence-corrected chi connectivity index (χ2v) is 8.70. The number of hydrogen-bond donors (Lipinski definition) is 2. The van der Waals surface area contributed by atoms with Gasteiger partial charge in [0.25, 0.3) is 10.0 Å². The van der Waals surface area contributed by atoms with Gasteiger partial charge in [-0.05, 0) is 79.2 Å². The molecule has 8 nitrogen and oxygen atoms in total. The number of nitrogens with one attached hydrogen (secondary N) is 2. The van der Waals surface area contributed by atoms with Crippen molar-refractivity contribution in [2.75, 3.05) is 23.4 Å². The zero-order chi connectivity index (χ0) is 23.3. The number of hydrogen-bond acceptors (Lipinski definition) is 6. The van der Waals surface area contributed by atoms with Gasteiger partial charge in [-0.3, -0.25) is 9.52 Å². The average molecular weight is 467 g/mol. The van der Waals surface area contributed by atoms with E-state index in [1.807, 2.05) is 13.0 Å². The minimum Gasteiger partial charge on any atom is -0.494 e. The first-order valence-electron chi connectivity index (χ1n) is 10.2. The van der Waals surface area contributed by atoms with Gasteiger partial charge in [-0.1, -0.05) is 6.07 Å². The van der Waals surface area contributed by atoms with Gasteiger partial charge in [-0.2, -0.15) is 0 Å². The van der Waals surface area contributed by atoms with Crippen LogP contribution in [-0.4, -0.2) is 27.7 Å². The van der Waals surface area contributed by atoms with Crippen LogP contribution in [0.4, 0.5) is 11.4 Å². The topological polar surface area (TPSA) is 103 Å². The molecule has 0 aliphatic carbocycles. The number of amides is 1. The molecule has 33 heavy (non-hydrogen) atoms. The average Bonchev–Trinajstić information content (AvgIpc) is 3.27. The number of anilines is 2. The molecular formula is C24H22N2O6S. The van der Waals surface area contributed by atoms with Crippen LogP contribution in [0.5, 0.6) is 17.2 Å². The lowest BCUT2D eigenvalue weighted by Gasteiger charge is -2.10. The molecule has 3 aromatic carbocycles. The fourth-order valence-electron chi connectivity index (χ4n) is 3.09. The van der Waals surface area contributed by atoms with E-state index in [9.17, 15) is 13.2 Å². The lowest BCUT2D eigenvalue weighted by atomic mass is 10.2. The summed E-state index contributed by atoms with van der Waals surface area (Å²) in [6, 6.07) is 17.9. The predicted octanol–water partition coefficient (Wildman–Crippen LogP) is 4.27. The summed E-state index contributed by atoms with van der Waals surface area (Å²) in [4.78, 5) is 12.3. The van der Waals surface area contributed by atoms with Crippen molar-refractivity contribution in [3.05, 3.63) is 78.4 Å². The maximum Gasteiger partial charge on any atom is 0.261 e. The highest BCUT2D eigenvalue weighted by Crippen LogP contribution is 2.32. The van der Waals surface area contributed by atoms with Gasteiger partial charge in [0.2, 0.25) is 12.7 Å². The van der Waals surface area contributed by atoms with E-state index in [1.54, 1.807) is 42.5 Å². The van der Waals surface area contributed by atoms with Crippen LogP contribution in [0, 0.1) is 0 Å². The molecule has 9 heteroatoms. The molecule has 0 aromatic heterocycles. The Morgan fingerprint density at radius 1 is 0.970 bits per heavy atom. The maximum atomic E-state index is 12.6. The quantitative estimate of drug-likeness (QED) is 0.481. The SMILES string of the molecule is CCOc1ccc(NS(=O)(=O)c2ccc(NC(=O)C=Cc3ccc4c(c3)OCO4)cc2)cc1. The van der Waals surface area contributed by atoms with Gasteiger partial charge in [0.1, 0.15) is 5.75 Å². The molecule has 4 rings (SSSR count). The number of carbonyl (C=O) groups is 1. The fraction of sp³-hybridized carbons (Fsp3) is 0.125. The Labute approximate surface area is 191 Å². The molecule has 1 aliphatic heterocycles. The van der Waals surface area contributed by atoms with E-state index in [2.05, 4.69) is 10.0 Å². The van der Waals surface area contributed by atoms with E-state index in [-0.39, 0.29) is 17.6 Å². The number of rotatable bonds is 8. The molecule has 1 heterocycles. The lowest BCUT2D eigenvalue weighted by Crippen LogP contribution is -2.13. The largest absolute Gasteiger partial charge is 0.494 e. The molecule has 0 fully saturated rings. The van der Waals surface area contributed by atoms with Crippen molar-refractivity contribution in [3.63, 3.8) is 0 Å². The molecule has 0 bridgehead atoms. The molecular weight excluding hydrogens is 444 g/mol. The summed E-state index contributed by atoms with van der Waals surface area (Å²) in [5, 5.41) is 2.70. The Bertz CT molecular complexity index is 1270. The molecule has 3 aromatic rings. The first kappa shape index (κ1) is 22.2. The first-order valence-corrected chi connectivity index (χ1v) is 11.7. The number of benzene rings is 3. The van der Waals surface area contributed by atoms with E-state index in [1.165, 1.54) is 30.3 Å². The van der Waals surface area contributed by atoms with E-state index < -0.39 is 10.0 Å². The van der Waals surface area contributed by atoms with Crippen LogP contribution in [0.1, 0.15) is 12.5 Å². The third kappa shape index (κ3) is 5.64. The number of sulfonamides is 1. The highest BCUT2D eigenvalue weighted by Gasteiger charge is 2.15. The first-order chi connectivity index (χ1) is 15.9. The van der Waals surface area contributed by atoms with Crippen molar-refractivity contribution >= 4 is 33.4 Å². The maximum absolute atomic E-state index is 12.6. The van der Waals surface area contributed by atoms with E-state index in [0.717, 1.165) is 5.56 Å². The summed E-state index contributed by atoms with van der Waals surface area (Å²) in [6.07, 6.45) is 3.03. The summed E-state index contributed by atoms with van der Waals surface area (Å²) in [5.74, 6) is 1.61. The minimum atomic E-state index is -3.77. The third-order valence-corrected chi connectivity index (χ3v) is 6.07. The van der Waals surface area contributed by atoms with Crippen LogP contribution in [0.3, 0.4) is 0 Å². The fourth-order valence-corrected chi connectivity index (χ4v) is 4.15. The summed E-state index contributed by atoms with van der Waals surface area (Å²) in [6.45, 7) is 2.59. The Morgan fingerprint density at radius 3 is 2.39 bits per heavy atom. The molecule has 1 amide bonds. The minimum absolute atomic E-state index is 0.0743. The second-order valence-electron chi connectivity index (χ2n) is 7.02. The molecule has 0 saturated heterocycles. The van der Waals surface area contributed by atoms with Crippen molar-refractivity contribution < 1.29 is 27.4 Å². The van der Waals surface area contributed by atoms with Gasteiger partial charge in [-0.15, -0.1) is 0 Å². The normalized spacial score (nSPS) is 12.5. The Morgan fingerprint density at radius 2 is 1.67 bits per heavy atom. The van der Waals surface area contributed by atoms with Crippen LogP contribution < -0.4 is 24.2 Å². The van der Waals surface area contributed by atoms with Crippen LogP contribution in [0.15, 0.2) is 77.7 Å². The van der Waals surface area contributed by atoms with Gasteiger partial charge in [-0.25, -0.2) is 8.42 Å². The predicted molar refractivity (Wildman–Crippen MR) is 125 cm³/mol. The standard InChI is InChI=1S/C24H22N2O6S/c1-2-30-20-9-5-19(6-10-20)26-33(28,29)21-11-7-18(8-12-21)25-24(27)14-4-17-3-13-22-23(15-17)32-16-31-22/h3-15,26H,2,16H2,1H3,(H,25,27). The van der Waals surface area contributed by atoms with Crippen molar-refractivity contribution in [2.24, 2.45) is 0 Å². The molecule has 0 atom stereocenters. The van der Waals surface area contributed by atoms with Crippen LogP contribution in [0.25, 0.3) is 6.08 Å². The summed E-state index contributed by atoms with van der Waals surface area (Å²) >= 11 is 0. The monoisotopic (exact) mass is 466 g/mol. The number of fused-ring (bicyclic) bond motifs is 1. The van der Waals surface area contributed by atoms with E-state index in [0.29, 0.717) is 35.2 Å². The van der Waals surface area contributed by atoms with Crippen LogP contribution in [0.2, 0.25) is 0 Å². The van der Waals surface area contributed by atoms with Crippen molar-refractivity contribution in [2.45, 2.75) is 11.8 Å². The molecule has 0 saturated carbocycles.